The van der Waals surface area contributed by atoms with Gasteiger partial charge in [0.05, 0.1) is 11.3 Å². The SMILES string of the molecule is N#Cc1c2n(c3c(=O)n(-c4ccc(F)cc4)cnc13)CCC2. The van der Waals surface area contributed by atoms with Crippen molar-refractivity contribution in [2.45, 2.75) is 19.4 Å². The van der Waals surface area contributed by atoms with E-state index >= 15 is 0 Å². The molecule has 0 unspecified atom stereocenters. The summed E-state index contributed by atoms with van der Waals surface area (Å²) in [5.74, 6) is -0.360. The van der Waals surface area contributed by atoms with E-state index < -0.39 is 0 Å². The van der Waals surface area contributed by atoms with Crippen molar-refractivity contribution in [3.63, 3.8) is 0 Å². The number of aromatic nitrogens is 3. The molecule has 3 heterocycles. The minimum atomic E-state index is -0.360. The second-order valence-electron chi connectivity index (χ2n) is 5.28. The van der Waals surface area contributed by atoms with E-state index in [2.05, 4.69) is 11.1 Å². The quantitative estimate of drug-likeness (QED) is 0.690. The fraction of sp³-hybridized carbons (Fsp3) is 0.188. The van der Waals surface area contributed by atoms with E-state index in [1.54, 1.807) is 0 Å². The zero-order chi connectivity index (χ0) is 15.3. The molecule has 0 aliphatic carbocycles. The lowest BCUT2D eigenvalue weighted by Gasteiger charge is -2.06. The molecule has 0 saturated carbocycles. The Morgan fingerprint density at radius 1 is 1.27 bits per heavy atom. The standard InChI is InChI=1S/C16H11FN4O/c17-10-3-5-11(6-4-10)21-9-19-14-12(8-18)13-2-1-7-20(13)15(14)16(21)22/h3-6,9H,1-2,7H2. The molecule has 1 aliphatic rings. The van der Waals surface area contributed by atoms with Crippen LogP contribution in [0, 0.1) is 17.1 Å². The molecule has 0 amide bonds. The van der Waals surface area contributed by atoms with Gasteiger partial charge in [0.15, 0.2) is 0 Å². The van der Waals surface area contributed by atoms with Crippen molar-refractivity contribution in [1.29, 1.82) is 5.26 Å². The molecule has 4 rings (SSSR count). The Morgan fingerprint density at radius 2 is 2.05 bits per heavy atom. The lowest BCUT2D eigenvalue weighted by molar-refractivity contribution is 0.627. The maximum absolute atomic E-state index is 13.0. The van der Waals surface area contributed by atoms with Crippen molar-refractivity contribution >= 4 is 11.0 Å². The summed E-state index contributed by atoms with van der Waals surface area (Å²) in [7, 11) is 0. The van der Waals surface area contributed by atoms with Crippen molar-refractivity contribution in [1.82, 2.24) is 14.1 Å². The largest absolute Gasteiger partial charge is 0.337 e. The van der Waals surface area contributed by atoms with Gasteiger partial charge in [0.1, 0.15) is 29.2 Å². The lowest BCUT2D eigenvalue weighted by atomic mass is 10.2. The third-order valence-corrected chi connectivity index (χ3v) is 4.08. The summed E-state index contributed by atoms with van der Waals surface area (Å²) in [6, 6.07) is 7.83. The minimum absolute atomic E-state index is 0.235. The highest BCUT2D eigenvalue weighted by Crippen LogP contribution is 2.27. The molecule has 0 atom stereocenters. The van der Waals surface area contributed by atoms with Gasteiger partial charge in [-0.2, -0.15) is 5.26 Å². The average Bonchev–Trinajstić information content (AvgIpc) is 3.08. The third kappa shape index (κ3) is 1.62. The second kappa shape index (κ2) is 4.53. The number of nitriles is 1. The van der Waals surface area contributed by atoms with Gasteiger partial charge in [-0.1, -0.05) is 0 Å². The van der Waals surface area contributed by atoms with E-state index in [1.807, 2.05) is 4.57 Å². The van der Waals surface area contributed by atoms with Crippen molar-refractivity contribution in [3.8, 4) is 11.8 Å². The fourth-order valence-electron chi connectivity index (χ4n) is 3.09. The zero-order valence-electron chi connectivity index (χ0n) is 11.6. The van der Waals surface area contributed by atoms with Crippen LogP contribution in [0.3, 0.4) is 0 Å². The first kappa shape index (κ1) is 12.8. The molecule has 5 nitrogen and oxygen atoms in total. The van der Waals surface area contributed by atoms with Gasteiger partial charge in [-0.25, -0.2) is 9.37 Å². The maximum atomic E-state index is 13.0. The lowest BCUT2D eigenvalue weighted by Crippen LogP contribution is -2.20. The molecule has 0 spiro atoms. The van der Waals surface area contributed by atoms with E-state index in [-0.39, 0.29) is 11.4 Å². The van der Waals surface area contributed by atoms with Crippen LogP contribution in [0.2, 0.25) is 0 Å². The van der Waals surface area contributed by atoms with Gasteiger partial charge in [-0.05, 0) is 37.1 Å². The van der Waals surface area contributed by atoms with E-state index in [0.29, 0.717) is 22.3 Å². The van der Waals surface area contributed by atoms with Gasteiger partial charge in [0.25, 0.3) is 5.56 Å². The molecule has 22 heavy (non-hydrogen) atoms. The highest BCUT2D eigenvalue weighted by molar-refractivity contribution is 5.84. The molecule has 6 heteroatoms. The maximum Gasteiger partial charge on any atom is 0.282 e. The zero-order valence-corrected chi connectivity index (χ0v) is 11.6. The summed E-state index contributed by atoms with van der Waals surface area (Å²) >= 11 is 0. The Labute approximate surface area is 124 Å². The summed E-state index contributed by atoms with van der Waals surface area (Å²) in [6.07, 6.45) is 3.11. The molecule has 0 N–H and O–H groups in total. The molecule has 0 bridgehead atoms. The van der Waals surface area contributed by atoms with Gasteiger partial charge < -0.3 is 4.57 Å². The van der Waals surface area contributed by atoms with Crippen molar-refractivity contribution in [2.24, 2.45) is 0 Å². The number of aryl methyl sites for hydroxylation is 1. The predicted octanol–water partition coefficient (Wildman–Crippen LogP) is 2.14. The fourth-order valence-corrected chi connectivity index (χ4v) is 3.09. The normalized spacial score (nSPS) is 13.3. The highest BCUT2D eigenvalue weighted by atomic mass is 19.1. The van der Waals surface area contributed by atoms with Crippen LogP contribution in [0.4, 0.5) is 4.39 Å². The predicted molar refractivity (Wildman–Crippen MR) is 78.3 cm³/mol. The summed E-state index contributed by atoms with van der Waals surface area (Å²) in [4.78, 5) is 17.1. The summed E-state index contributed by atoms with van der Waals surface area (Å²) in [5.41, 5.74) is 2.61. The second-order valence-corrected chi connectivity index (χ2v) is 5.28. The van der Waals surface area contributed by atoms with E-state index in [0.717, 1.165) is 25.1 Å². The van der Waals surface area contributed by atoms with Crippen LogP contribution in [-0.4, -0.2) is 14.1 Å². The summed E-state index contributed by atoms with van der Waals surface area (Å²) < 4.78 is 16.3. The van der Waals surface area contributed by atoms with Gasteiger partial charge in [-0.3, -0.25) is 9.36 Å². The van der Waals surface area contributed by atoms with Crippen LogP contribution >= 0.6 is 0 Å². The third-order valence-electron chi connectivity index (χ3n) is 4.08. The first-order valence-electron chi connectivity index (χ1n) is 6.99. The Kier molecular flexibility index (Phi) is 2.63. The van der Waals surface area contributed by atoms with Crippen molar-refractivity contribution in [2.75, 3.05) is 0 Å². The number of benzene rings is 1. The monoisotopic (exact) mass is 294 g/mol. The minimum Gasteiger partial charge on any atom is -0.337 e. The van der Waals surface area contributed by atoms with E-state index in [4.69, 9.17) is 0 Å². The molecular weight excluding hydrogens is 283 g/mol. The van der Waals surface area contributed by atoms with Crippen LogP contribution in [0.15, 0.2) is 35.4 Å². The number of fused-ring (bicyclic) bond motifs is 3. The molecular formula is C16H11FN4O. The number of nitrogens with zero attached hydrogens (tertiary/aromatic N) is 4. The first-order chi connectivity index (χ1) is 10.7. The number of hydrogen-bond donors (Lipinski definition) is 0. The van der Waals surface area contributed by atoms with E-state index in [1.165, 1.54) is 35.2 Å². The molecule has 2 aromatic heterocycles. The smallest absolute Gasteiger partial charge is 0.282 e. The van der Waals surface area contributed by atoms with Crippen LogP contribution in [0.1, 0.15) is 17.7 Å². The van der Waals surface area contributed by atoms with Gasteiger partial charge in [0, 0.05) is 12.2 Å². The molecule has 0 radical (unpaired) electrons. The molecule has 0 saturated heterocycles. The Hall–Kier alpha value is -2.94. The number of rotatable bonds is 1. The van der Waals surface area contributed by atoms with Crippen molar-refractivity contribution < 1.29 is 4.39 Å². The average molecular weight is 294 g/mol. The van der Waals surface area contributed by atoms with Crippen LogP contribution in [0.5, 0.6) is 0 Å². The molecule has 0 fully saturated rings. The summed E-state index contributed by atoms with van der Waals surface area (Å²) in [6.45, 7) is 0.720. The molecule has 1 aliphatic heterocycles. The highest BCUT2D eigenvalue weighted by Gasteiger charge is 2.24. The Balaban J connectivity index is 2.05. The molecule has 3 aromatic rings. The van der Waals surface area contributed by atoms with Crippen molar-refractivity contribution in [3.05, 3.63) is 58.0 Å². The number of hydrogen-bond acceptors (Lipinski definition) is 3. The van der Waals surface area contributed by atoms with Gasteiger partial charge in [0.2, 0.25) is 0 Å². The van der Waals surface area contributed by atoms with Crippen LogP contribution in [-0.2, 0) is 13.0 Å². The molecule has 1 aromatic carbocycles. The Morgan fingerprint density at radius 3 is 2.77 bits per heavy atom. The van der Waals surface area contributed by atoms with Gasteiger partial charge >= 0.3 is 0 Å². The summed E-state index contributed by atoms with van der Waals surface area (Å²) in [5, 5.41) is 9.34. The molecule has 108 valence electrons. The van der Waals surface area contributed by atoms with Gasteiger partial charge in [-0.15, -0.1) is 0 Å². The number of halogens is 1. The first-order valence-corrected chi connectivity index (χ1v) is 6.99. The van der Waals surface area contributed by atoms with Crippen LogP contribution < -0.4 is 5.56 Å². The van der Waals surface area contributed by atoms with Crippen LogP contribution in [0.25, 0.3) is 16.7 Å². The van der Waals surface area contributed by atoms with E-state index in [9.17, 15) is 14.4 Å². The Bertz CT molecular complexity index is 992. The topological polar surface area (TPSA) is 63.6 Å².